The van der Waals surface area contributed by atoms with Crippen molar-refractivity contribution in [1.82, 2.24) is 5.32 Å². The summed E-state index contributed by atoms with van der Waals surface area (Å²) in [6, 6.07) is 16.5. The van der Waals surface area contributed by atoms with Gasteiger partial charge in [-0.05, 0) is 50.3 Å². The van der Waals surface area contributed by atoms with E-state index in [-0.39, 0.29) is 11.8 Å². The van der Waals surface area contributed by atoms with E-state index in [4.69, 9.17) is 0 Å². The quantitative estimate of drug-likeness (QED) is 0.770. The SMILES string of the molecule is CNCCCC(=O)Nc1cccc(C(=O)N(C)c2ccccc2)c1. The van der Waals surface area contributed by atoms with Crippen molar-refractivity contribution in [2.45, 2.75) is 12.8 Å². The zero-order valence-electron chi connectivity index (χ0n) is 14.1. The molecule has 0 aliphatic heterocycles. The summed E-state index contributed by atoms with van der Waals surface area (Å²) in [4.78, 5) is 26.1. The minimum atomic E-state index is -0.118. The lowest BCUT2D eigenvalue weighted by Crippen LogP contribution is -2.26. The Morgan fingerprint density at radius 1 is 1.04 bits per heavy atom. The fourth-order valence-corrected chi connectivity index (χ4v) is 2.34. The van der Waals surface area contributed by atoms with E-state index >= 15 is 0 Å². The number of nitrogens with zero attached hydrogens (tertiary/aromatic N) is 1. The number of anilines is 2. The van der Waals surface area contributed by atoms with Crippen LogP contribution in [0.3, 0.4) is 0 Å². The van der Waals surface area contributed by atoms with Crippen LogP contribution < -0.4 is 15.5 Å². The zero-order valence-corrected chi connectivity index (χ0v) is 14.1. The lowest BCUT2D eigenvalue weighted by molar-refractivity contribution is -0.116. The summed E-state index contributed by atoms with van der Waals surface area (Å²) in [6.45, 7) is 0.799. The van der Waals surface area contributed by atoms with E-state index in [0.29, 0.717) is 17.7 Å². The number of amides is 2. The molecule has 0 aliphatic carbocycles. The van der Waals surface area contributed by atoms with Crippen LogP contribution in [-0.4, -0.2) is 32.5 Å². The number of para-hydroxylation sites is 1. The third-order valence-electron chi connectivity index (χ3n) is 3.67. The van der Waals surface area contributed by atoms with Gasteiger partial charge in [-0.2, -0.15) is 0 Å². The maximum absolute atomic E-state index is 12.6. The summed E-state index contributed by atoms with van der Waals surface area (Å²) >= 11 is 0. The number of nitrogens with one attached hydrogen (secondary N) is 2. The predicted octanol–water partition coefficient (Wildman–Crippen LogP) is 2.90. The summed E-state index contributed by atoms with van der Waals surface area (Å²) in [6.07, 6.45) is 1.22. The Morgan fingerprint density at radius 3 is 2.50 bits per heavy atom. The summed E-state index contributed by atoms with van der Waals surface area (Å²) in [5, 5.41) is 5.85. The van der Waals surface area contributed by atoms with E-state index in [9.17, 15) is 9.59 Å². The molecular formula is C19H23N3O2. The van der Waals surface area contributed by atoms with E-state index in [0.717, 1.165) is 18.7 Å². The molecule has 0 atom stereocenters. The van der Waals surface area contributed by atoms with Crippen molar-refractivity contribution in [3.05, 3.63) is 60.2 Å². The number of rotatable bonds is 7. The van der Waals surface area contributed by atoms with Crippen molar-refractivity contribution >= 4 is 23.2 Å². The van der Waals surface area contributed by atoms with Crippen molar-refractivity contribution in [2.24, 2.45) is 0 Å². The second-order valence-corrected chi connectivity index (χ2v) is 5.54. The molecule has 2 N–H and O–H groups in total. The Bertz CT molecular complexity index is 686. The third kappa shape index (κ3) is 4.93. The van der Waals surface area contributed by atoms with Gasteiger partial charge < -0.3 is 15.5 Å². The van der Waals surface area contributed by atoms with Crippen LogP contribution in [0.15, 0.2) is 54.6 Å². The highest BCUT2D eigenvalue weighted by atomic mass is 16.2. The molecule has 5 nitrogen and oxygen atoms in total. The average Bonchev–Trinajstić information content (AvgIpc) is 2.61. The lowest BCUT2D eigenvalue weighted by Gasteiger charge is -2.17. The first-order chi connectivity index (χ1) is 11.6. The van der Waals surface area contributed by atoms with Gasteiger partial charge in [0.05, 0.1) is 0 Å². The highest BCUT2D eigenvalue weighted by Gasteiger charge is 2.14. The standard InChI is InChI=1S/C19H23N3O2/c1-20-13-7-12-18(23)21-16-9-6-8-15(14-16)19(24)22(2)17-10-4-3-5-11-17/h3-6,8-11,14,20H,7,12-13H2,1-2H3,(H,21,23). The number of carbonyl (C=O) groups excluding carboxylic acids is 2. The minimum Gasteiger partial charge on any atom is -0.326 e. The van der Waals surface area contributed by atoms with Crippen molar-refractivity contribution in [3.63, 3.8) is 0 Å². The summed E-state index contributed by atoms with van der Waals surface area (Å²) in [5.41, 5.74) is 2.00. The molecule has 0 fully saturated rings. The van der Waals surface area contributed by atoms with Gasteiger partial charge in [0.1, 0.15) is 0 Å². The van der Waals surface area contributed by atoms with Gasteiger partial charge in [0, 0.05) is 30.4 Å². The largest absolute Gasteiger partial charge is 0.326 e. The van der Waals surface area contributed by atoms with E-state index in [1.54, 1.807) is 36.2 Å². The molecule has 0 saturated carbocycles. The summed E-state index contributed by atoms with van der Waals surface area (Å²) in [7, 11) is 3.59. The summed E-state index contributed by atoms with van der Waals surface area (Å²) in [5.74, 6) is -0.168. The van der Waals surface area contributed by atoms with Gasteiger partial charge >= 0.3 is 0 Å². The molecule has 0 saturated heterocycles. The first-order valence-corrected chi connectivity index (χ1v) is 7.99. The Kier molecular flexibility index (Phi) is 6.51. The first-order valence-electron chi connectivity index (χ1n) is 7.99. The topological polar surface area (TPSA) is 61.4 Å². The number of carbonyl (C=O) groups is 2. The van der Waals surface area contributed by atoms with Crippen molar-refractivity contribution in [3.8, 4) is 0 Å². The smallest absolute Gasteiger partial charge is 0.258 e. The van der Waals surface area contributed by atoms with Crippen LogP contribution in [-0.2, 0) is 4.79 Å². The molecular weight excluding hydrogens is 302 g/mol. The Balaban J connectivity index is 2.04. The van der Waals surface area contributed by atoms with E-state index in [1.165, 1.54) is 0 Å². The molecule has 126 valence electrons. The van der Waals surface area contributed by atoms with Gasteiger partial charge in [-0.15, -0.1) is 0 Å². The van der Waals surface area contributed by atoms with Crippen LogP contribution in [0.1, 0.15) is 23.2 Å². The van der Waals surface area contributed by atoms with Crippen LogP contribution in [0.4, 0.5) is 11.4 Å². The molecule has 2 amide bonds. The molecule has 0 radical (unpaired) electrons. The van der Waals surface area contributed by atoms with Gasteiger partial charge in [-0.1, -0.05) is 24.3 Å². The van der Waals surface area contributed by atoms with E-state index < -0.39 is 0 Å². The summed E-state index contributed by atoms with van der Waals surface area (Å²) < 4.78 is 0. The highest BCUT2D eigenvalue weighted by Crippen LogP contribution is 2.17. The molecule has 2 aromatic carbocycles. The minimum absolute atomic E-state index is 0.0498. The van der Waals surface area contributed by atoms with Gasteiger partial charge in [0.25, 0.3) is 5.91 Å². The molecule has 0 spiro atoms. The van der Waals surface area contributed by atoms with E-state index in [2.05, 4.69) is 10.6 Å². The number of hydrogen-bond donors (Lipinski definition) is 2. The maximum atomic E-state index is 12.6. The maximum Gasteiger partial charge on any atom is 0.258 e. The zero-order chi connectivity index (χ0) is 17.4. The Morgan fingerprint density at radius 2 is 1.79 bits per heavy atom. The molecule has 5 heteroatoms. The lowest BCUT2D eigenvalue weighted by atomic mass is 10.1. The van der Waals surface area contributed by atoms with Crippen molar-refractivity contribution < 1.29 is 9.59 Å². The molecule has 0 aliphatic rings. The Labute approximate surface area is 142 Å². The van der Waals surface area contributed by atoms with Gasteiger partial charge in [-0.25, -0.2) is 0 Å². The highest BCUT2D eigenvalue weighted by molar-refractivity contribution is 6.06. The molecule has 2 rings (SSSR count). The van der Waals surface area contributed by atoms with Crippen LogP contribution in [0.2, 0.25) is 0 Å². The monoisotopic (exact) mass is 325 g/mol. The van der Waals surface area contributed by atoms with Crippen molar-refractivity contribution in [2.75, 3.05) is 30.9 Å². The van der Waals surface area contributed by atoms with Crippen LogP contribution in [0.25, 0.3) is 0 Å². The molecule has 0 heterocycles. The molecule has 24 heavy (non-hydrogen) atoms. The fourth-order valence-electron chi connectivity index (χ4n) is 2.34. The average molecular weight is 325 g/mol. The second kappa shape index (κ2) is 8.84. The van der Waals surface area contributed by atoms with Crippen LogP contribution >= 0.6 is 0 Å². The third-order valence-corrected chi connectivity index (χ3v) is 3.67. The number of benzene rings is 2. The van der Waals surface area contributed by atoms with Gasteiger partial charge in [-0.3, -0.25) is 9.59 Å². The van der Waals surface area contributed by atoms with Gasteiger partial charge in [0.2, 0.25) is 5.91 Å². The first kappa shape index (κ1) is 17.7. The Hall–Kier alpha value is -2.66. The van der Waals surface area contributed by atoms with Crippen LogP contribution in [0.5, 0.6) is 0 Å². The van der Waals surface area contributed by atoms with Gasteiger partial charge in [0.15, 0.2) is 0 Å². The molecule has 0 aromatic heterocycles. The molecule has 2 aromatic rings. The van der Waals surface area contributed by atoms with E-state index in [1.807, 2.05) is 37.4 Å². The predicted molar refractivity (Wildman–Crippen MR) is 97.4 cm³/mol. The fraction of sp³-hybridized carbons (Fsp3) is 0.263. The molecule has 0 unspecified atom stereocenters. The van der Waals surface area contributed by atoms with Crippen molar-refractivity contribution in [1.29, 1.82) is 0 Å². The normalized spacial score (nSPS) is 10.2. The van der Waals surface area contributed by atoms with Crippen LogP contribution in [0, 0.1) is 0 Å². The molecule has 0 bridgehead atoms. The number of hydrogen-bond acceptors (Lipinski definition) is 3. The second-order valence-electron chi connectivity index (χ2n) is 5.54.